The number of aromatic nitrogens is 4. The summed E-state index contributed by atoms with van der Waals surface area (Å²) in [5.41, 5.74) is 2.10. The molecule has 0 saturated carbocycles. The number of esters is 1. The van der Waals surface area contributed by atoms with E-state index in [0.717, 1.165) is 11.3 Å². The molecule has 1 heterocycles. The summed E-state index contributed by atoms with van der Waals surface area (Å²) >= 11 is 5.80. The molecule has 110 valence electrons. The molecule has 7 heteroatoms. The third kappa shape index (κ3) is 3.29. The second-order valence-corrected chi connectivity index (χ2v) is 4.94. The quantitative estimate of drug-likeness (QED) is 0.692. The van der Waals surface area contributed by atoms with Crippen LogP contribution in [-0.2, 0) is 11.3 Å². The van der Waals surface area contributed by atoms with Crippen LogP contribution in [0.2, 0.25) is 5.02 Å². The Kier molecular flexibility index (Phi) is 4.11. The lowest BCUT2D eigenvalue weighted by molar-refractivity contribution is 0.0473. The predicted molar refractivity (Wildman–Crippen MR) is 79.7 cm³/mol. The molecule has 22 heavy (non-hydrogen) atoms. The normalized spacial score (nSPS) is 10.4. The molecule has 2 aromatic carbocycles. The van der Waals surface area contributed by atoms with Gasteiger partial charge in [0.15, 0.2) is 0 Å². The number of halogens is 1. The Morgan fingerprint density at radius 1 is 1.09 bits per heavy atom. The fourth-order valence-corrected chi connectivity index (χ4v) is 1.97. The highest BCUT2D eigenvalue weighted by Crippen LogP contribution is 2.12. The van der Waals surface area contributed by atoms with Gasteiger partial charge in [-0.25, -0.2) is 9.48 Å². The number of hydrogen-bond donors (Lipinski definition) is 0. The van der Waals surface area contributed by atoms with Gasteiger partial charge in [-0.05, 0) is 52.4 Å². The second kappa shape index (κ2) is 6.36. The van der Waals surface area contributed by atoms with Gasteiger partial charge < -0.3 is 4.74 Å². The first kappa shape index (κ1) is 14.2. The van der Waals surface area contributed by atoms with E-state index >= 15 is 0 Å². The predicted octanol–water partition coefficient (Wildman–Crippen LogP) is 2.67. The number of hydrogen-bond acceptors (Lipinski definition) is 5. The molecule has 6 nitrogen and oxygen atoms in total. The van der Waals surface area contributed by atoms with Crippen molar-refractivity contribution in [3.8, 4) is 5.69 Å². The fourth-order valence-electron chi connectivity index (χ4n) is 1.84. The highest BCUT2D eigenvalue weighted by molar-refractivity contribution is 6.30. The lowest BCUT2D eigenvalue weighted by Gasteiger charge is -2.06. The summed E-state index contributed by atoms with van der Waals surface area (Å²) in [7, 11) is 0. The highest BCUT2D eigenvalue weighted by Gasteiger charge is 2.08. The standard InChI is InChI=1S/C15H11ClN4O2/c16-13-5-1-11(2-6-13)9-22-15(21)12-3-7-14(8-4-12)20-10-17-18-19-20/h1-8,10H,9H2. The first-order valence-electron chi connectivity index (χ1n) is 6.47. The van der Waals surface area contributed by atoms with Crippen molar-refractivity contribution in [2.45, 2.75) is 6.61 Å². The third-order valence-corrected chi connectivity index (χ3v) is 3.25. The van der Waals surface area contributed by atoms with Gasteiger partial charge in [0.2, 0.25) is 0 Å². The molecule has 0 atom stereocenters. The Morgan fingerprint density at radius 3 is 2.45 bits per heavy atom. The third-order valence-electron chi connectivity index (χ3n) is 3.00. The number of carbonyl (C=O) groups is 1. The van der Waals surface area contributed by atoms with Gasteiger partial charge in [0.05, 0.1) is 11.3 Å². The van der Waals surface area contributed by atoms with Crippen LogP contribution in [0.3, 0.4) is 0 Å². The van der Waals surface area contributed by atoms with Crippen molar-refractivity contribution < 1.29 is 9.53 Å². The van der Waals surface area contributed by atoms with Crippen LogP contribution in [0.25, 0.3) is 5.69 Å². The maximum absolute atomic E-state index is 12.0. The van der Waals surface area contributed by atoms with Gasteiger partial charge >= 0.3 is 5.97 Å². The molecule has 0 aliphatic rings. The number of benzene rings is 2. The summed E-state index contributed by atoms with van der Waals surface area (Å²) in [6, 6.07) is 14.0. The molecule has 3 rings (SSSR count). The van der Waals surface area contributed by atoms with Crippen molar-refractivity contribution >= 4 is 17.6 Å². The van der Waals surface area contributed by atoms with Crippen LogP contribution in [0.1, 0.15) is 15.9 Å². The van der Waals surface area contributed by atoms with Crippen LogP contribution in [0.5, 0.6) is 0 Å². The highest BCUT2D eigenvalue weighted by atomic mass is 35.5. The molecule has 0 bridgehead atoms. The van der Waals surface area contributed by atoms with Crippen molar-refractivity contribution in [2.24, 2.45) is 0 Å². The first-order valence-corrected chi connectivity index (χ1v) is 6.85. The Balaban J connectivity index is 1.63. The van der Waals surface area contributed by atoms with Crippen molar-refractivity contribution in [3.63, 3.8) is 0 Å². The molecule has 3 aromatic rings. The van der Waals surface area contributed by atoms with E-state index in [9.17, 15) is 4.79 Å². The minimum atomic E-state index is -0.391. The molecular weight excluding hydrogens is 304 g/mol. The van der Waals surface area contributed by atoms with Crippen molar-refractivity contribution in [1.82, 2.24) is 20.2 Å². The van der Waals surface area contributed by atoms with E-state index in [0.29, 0.717) is 10.6 Å². The molecule has 0 N–H and O–H groups in total. The summed E-state index contributed by atoms with van der Waals surface area (Å²) < 4.78 is 6.76. The van der Waals surface area contributed by atoms with Gasteiger partial charge in [0.1, 0.15) is 12.9 Å². The number of tetrazole rings is 1. The molecule has 0 amide bonds. The zero-order chi connectivity index (χ0) is 15.4. The maximum Gasteiger partial charge on any atom is 0.338 e. The van der Waals surface area contributed by atoms with Gasteiger partial charge in [0, 0.05) is 5.02 Å². The Hall–Kier alpha value is -2.73. The van der Waals surface area contributed by atoms with Crippen molar-refractivity contribution in [2.75, 3.05) is 0 Å². The van der Waals surface area contributed by atoms with Crippen LogP contribution in [-0.4, -0.2) is 26.2 Å². The molecule has 0 aliphatic carbocycles. The first-order chi connectivity index (χ1) is 10.7. The minimum Gasteiger partial charge on any atom is -0.457 e. The maximum atomic E-state index is 12.0. The summed E-state index contributed by atoms with van der Waals surface area (Å²) in [5.74, 6) is -0.391. The average Bonchev–Trinajstić information content (AvgIpc) is 3.09. The second-order valence-electron chi connectivity index (χ2n) is 4.50. The molecule has 0 saturated heterocycles. The summed E-state index contributed by atoms with van der Waals surface area (Å²) in [5, 5.41) is 11.5. The summed E-state index contributed by atoms with van der Waals surface area (Å²) in [4.78, 5) is 12.0. The topological polar surface area (TPSA) is 69.9 Å². The SMILES string of the molecule is O=C(OCc1ccc(Cl)cc1)c1ccc(-n2cnnn2)cc1. The van der Waals surface area contributed by atoms with Crippen molar-refractivity contribution in [1.29, 1.82) is 0 Å². The van der Waals surface area contributed by atoms with Crippen LogP contribution in [0.4, 0.5) is 0 Å². The molecule has 0 aliphatic heterocycles. The number of rotatable bonds is 4. The van der Waals surface area contributed by atoms with Crippen LogP contribution < -0.4 is 0 Å². The number of carbonyl (C=O) groups excluding carboxylic acids is 1. The molecule has 1 aromatic heterocycles. The lowest BCUT2D eigenvalue weighted by atomic mass is 10.2. The van der Waals surface area contributed by atoms with Gasteiger partial charge in [-0.15, -0.1) is 5.10 Å². The van der Waals surface area contributed by atoms with E-state index in [1.54, 1.807) is 36.4 Å². The summed E-state index contributed by atoms with van der Waals surface area (Å²) in [6.07, 6.45) is 1.48. The molecular formula is C15H11ClN4O2. The minimum absolute atomic E-state index is 0.199. The monoisotopic (exact) mass is 314 g/mol. The van der Waals surface area contributed by atoms with Gasteiger partial charge in [-0.1, -0.05) is 23.7 Å². The van der Waals surface area contributed by atoms with E-state index in [1.807, 2.05) is 12.1 Å². The number of nitrogens with zero attached hydrogens (tertiary/aromatic N) is 4. The smallest absolute Gasteiger partial charge is 0.338 e. The Bertz CT molecular complexity index is 755. The van der Waals surface area contributed by atoms with E-state index in [2.05, 4.69) is 15.5 Å². The van der Waals surface area contributed by atoms with Crippen LogP contribution in [0, 0.1) is 0 Å². The van der Waals surface area contributed by atoms with E-state index in [1.165, 1.54) is 11.0 Å². The van der Waals surface area contributed by atoms with Crippen molar-refractivity contribution in [3.05, 3.63) is 71.0 Å². The van der Waals surface area contributed by atoms with Gasteiger partial charge in [-0.3, -0.25) is 0 Å². The van der Waals surface area contributed by atoms with Crippen LogP contribution in [0.15, 0.2) is 54.9 Å². The average molecular weight is 315 g/mol. The Morgan fingerprint density at radius 2 is 1.82 bits per heavy atom. The van der Waals surface area contributed by atoms with Gasteiger partial charge in [0.25, 0.3) is 0 Å². The molecule has 0 spiro atoms. The Labute approximate surface area is 131 Å². The van der Waals surface area contributed by atoms with E-state index in [4.69, 9.17) is 16.3 Å². The molecule has 0 fully saturated rings. The zero-order valence-corrected chi connectivity index (χ0v) is 12.1. The lowest BCUT2D eigenvalue weighted by Crippen LogP contribution is -2.05. The van der Waals surface area contributed by atoms with E-state index < -0.39 is 5.97 Å². The molecule has 0 radical (unpaired) electrons. The zero-order valence-electron chi connectivity index (χ0n) is 11.4. The molecule has 0 unspecified atom stereocenters. The number of ether oxygens (including phenoxy) is 1. The largest absolute Gasteiger partial charge is 0.457 e. The fraction of sp³-hybridized carbons (Fsp3) is 0.0667. The van der Waals surface area contributed by atoms with Gasteiger partial charge in [-0.2, -0.15) is 0 Å². The van der Waals surface area contributed by atoms with Crippen LogP contribution >= 0.6 is 11.6 Å². The van der Waals surface area contributed by atoms with E-state index in [-0.39, 0.29) is 6.61 Å². The summed E-state index contributed by atoms with van der Waals surface area (Å²) in [6.45, 7) is 0.199.